The molecule has 1 rings (SSSR count). The minimum atomic E-state index is -0.656. The molecule has 0 bridgehead atoms. The largest absolute Gasteiger partial charge is 0.295 e. The fourth-order valence-electron chi connectivity index (χ4n) is 1.56. The van der Waals surface area contributed by atoms with Crippen LogP contribution in [0.3, 0.4) is 0 Å². The predicted octanol–water partition coefficient (Wildman–Crippen LogP) is 1.83. The number of nitrogens with zero attached hydrogens (tertiary/aromatic N) is 1. The first-order chi connectivity index (χ1) is 4.63. The van der Waals surface area contributed by atoms with Gasteiger partial charge in [0.2, 0.25) is 0 Å². The molecular formula is C8H16FN. The highest BCUT2D eigenvalue weighted by Crippen LogP contribution is 2.24. The third-order valence-corrected chi connectivity index (χ3v) is 2.30. The second-order valence-corrected chi connectivity index (χ2v) is 3.37. The van der Waals surface area contributed by atoms with Crippen molar-refractivity contribution >= 4 is 0 Å². The highest BCUT2D eigenvalue weighted by atomic mass is 19.1. The van der Waals surface area contributed by atoms with Gasteiger partial charge in [-0.05, 0) is 27.2 Å². The van der Waals surface area contributed by atoms with Gasteiger partial charge < -0.3 is 0 Å². The van der Waals surface area contributed by atoms with Crippen LogP contribution in [0, 0.1) is 0 Å². The summed E-state index contributed by atoms with van der Waals surface area (Å²) in [5, 5.41) is 0. The van der Waals surface area contributed by atoms with Crippen LogP contribution in [0.15, 0.2) is 0 Å². The summed E-state index contributed by atoms with van der Waals surface area (Å²) in [7, 11) is 0. The van der Waals surface area contributed by atoms with Crippen LogP contribution in [-0.4, -0.2) is 29.7 Å². The van der Waals surface area contributed by atoms with Gasteiger partial charge >= 0.3 is 0 Å². The van der Waals surface area contributed by atoms with Gasteiger partial charge in [-0.2, -0.15) is 0 Å². The Labute approximate surface area is 62.2 Å². The monoisotopic (exact) mass is 145 g/mol. The maximum atomic E-state index is 12.7. The van der Waals surface area contributed by atoms with Gasteiger partial charge in [0, 0.05) is 18.6 Å². The molecule has 2 heteroatoms. The number of likely N-dealkylation sites (tertiary alicyclic amines) is 1. The van der Waals surface area contributed by atoms with Crippen LogP contribution in [0.4, 0.5) is 4.39 Å². The van der Waals surface area contributed by atoms with Gasteiger partial charge in [0.05, 0.1) is 0 Å². The molecule has 0 N–H and O–H groups in total. The van der Waals surface area contributed by atoms with Crippen molar-refractivity contribution in [1.29, 1.82) is 0 Å². The number of halogens is 1. The molecule has 60 valence electrons. The molecule has 0 amide bonds. The van der Waals surface area contributed by atoms with E-state index in [-0.39, 0.29) is 6.04 Å². The molecule has 1 nitrogen and oxygen atoms in total. The zero-order chi connectivity index (χ0) is 7.72. The minimum Gasteiger partial charge on any atom is -0.295 e. The molecule has 0 aliphatic carbocycles. The van der Waals surface area contributed by atoms with Crippen molar-refractivity contribution in [2.45, 2.75) is 45.4 Å². The van der Waals surface area contributed by atoms with E-state index in [4.69, 9.17) is 0 Å². The topological polar surface area (TPSA) is 3.24 Å². The molecule has 1 saturated heterocycles. The predicted molar refractivity (Wildman–Crippen MR) is 40.8 cm³/mol. The van der Waals surface area contributed by atoms with Crippen molar-refractivity contribution < 1.29 is 4.39 Å². The quantitative estimate of drug-likeness (QED) is 0.573. The Morgan fingerprint density at radius 1 is 1.40 bits per heavy atom. The van der Waals surface area contributed by atoms with Crippen molar-refractivity contribution in [3.63, 3.8) is 0 Å². The van der Waals surface area contributed by atoms with Gasteiger partial charge in [0.15, 0.2) is 0 Å². The van der Waals surface area contributed by atoms with E-state index in [2.05, 4.69) is 18.7 Å². The highest BCUT2D eigenvalue weighted by Gasteiger charge is 2.33. The summed E-state index contributed by atoms with van der Waals surface area (Å²) in [4.78, 5) is 2.21. The molecule has 2 atom stereocenters. The van der Waals surface area contributed by atoms with Gasteiger partial charge in [-0.25, -0.2) is 4.39 Å². The molecule has 2 unspecified atom stereocenters. The van der Waals surface area contributed by atoms with E-state index >= 15 is 0 Å². The van der Waals surface area contributed by atoms with E-state index < -0.39 is 6.17 Å². The standard InChI is InChI=1S/C8H16FN/c1-6(2)10-5-4-8(10)7(3)9/h6-8H,4-5H2,1-3H3. The van der Waals surface area contributed by atoms with Crippen LogP contribution in [0.2, 0.25) is 0 Å². The smallest absolute Gasteiger partial charge is 0.113 e. The Kier molecular flexibility index (Phi) is 2.29. The number of rotatable bonds is 2. The van der Waals surface area contributed by atoms with Gasteiger partial charge in [-0.1, -0.05) is 0 Å². The van der Waals surface area contributed by atoms with Crippen LogP contribution in [0.5, 0.6) is 0 Å². The Hall–Kier alpha value is -0.110. The van der Waals surface area contributed by atoms with Crippen LogP contribution in [0.25, 0.3) is 0 Å². The fraction of sp³-hybridized carbons (Fsp3) is 1.00. The van der Waals surface area contributed by atoms with E-state index in [1.165, 1.54) is 0 Å². The molecule has 0 aromatic heterocycles. The van der Waals surface area contributed by atoms with Crippen molar-refractivity contribution in [2.24, 2.45) is 0 Å². The molecule has 1 aliphatic heterocycles. The molecule has 1 aliphatic rings. The van der Waals surface area contributed by atoms with Crippen molar-refractivity contribution in [1.82, 2.24) is 4.90 Å². The Bertz CT molecular complexity index is 97.8. The van der Waals surface area contributed by atoms with Crippen molar-refractivity contribution in [3.8, 4) is 0 Å². The molecular weight excluding hydrogens is 129 g/mol. The molecule has 1 heterocycles. The lowest BCUT2D eigenvalue weighted by molar-refractivity contribution is 0.00832. The summed E-state index contributed by atoms with van der Waals surface area (Å²) in [6.07, 6.45) is 0.381. The summed E-state index contributed by atoms with van der Waals surface area (Å²) in [5.41, 5.74) is 0. The number of hydrogen-bond donors (Lipinski definition) is 0. The van der Waals surface area contributed by atoms with E-state index in [9.17, 15) is 4.39 Å². The number of alkyl halides is 1. The summed E-state index contributed by atoms with van der Waals surface area (Å²) < 4.78 is 12.7. The molecule has 0 aromatic rings. The summed E-state index contributed by atoms with van der Waals surface area (Å²) in [6, 6.07) is 0.719. The highest BCUT2D eigenvalue weighted by molar-refractivity contribution is 4.88. The normalized spacial score (nSPS) is 30.3. The second-order valence-electron chi connectivity index (χ2n) is 3.37. The zero-order valence-electron chi connectivity index (χ0n) is 6.97. The van der Waals surface area contributed by atoms with E-state index in [1.807, 2.05) is 0 Å². The molecule has 0 saturated carbocycles. The molecule has 0 spiro atoms. The van der Waals surface area contributed by atoms with E-state index in [0.717, 1.165) is 13.0 Å². The molecule has 0 radical (unpaired) electrons. The SMILES string of the molecule is CC(F)C1CCN1C(C)C. The molecule has 10 heavy (non-hydrogen) atoms. The summed E-state index contributed by atoms with van der Waals surface area (Å²) in [5.74, 6) is 0. The lowest BCUT2D eigenvalue weighted by atomic mass is 9.97. The Balaban J connectivity index is 2.36. The van der Waals surface area contributed by atoms with E-state index in [1.54, 1.807) is 6.92 Å². The van der Waals surface area contributed by atoms with Crippen molar-refractivity contribution in [3.05, 3.63) is 0 Å². The Morgan fingerprint density at radius 3 is 2.10 bits per heavy atom. The summed E-state index contributed by atoms with van der Waals surface area (Å²) >= 11 is 0. The summed E-state index contributed by atoms with van der Waals surface area (Å²) in [6.45, 7) is 6.97. The van der Waals surface area contributed by atoms with Crippen LogP contribution >= 0.6 is 0 Å². The van der Waals surface area contributed by atoms with Gasteiger partial charge in [0.1, 0.15) is 6.17 Å². The molecule has 1 fully saturated rings. The van der Waals surface area contributed by atoms with Gasteiger partial charge in [-0.15, -0.1) is 0 Å². The van der Waals surface area contributed by atoms with Crippen LogP contribution in [0.1, 0.15) is 27.2 Å². The van der Waals surface area contributed by atoms with Crippen molar-refractivity contribution in [2.75, 3.05) is 6.54 Å². The van der Waals surface area contributed by atoms with E-state index in [0.29, 0.717) is 6.04 Å². The third kappa shape index (κ3) is 1.31. The minimum absolute atomic E-state index is 0.208. The Morgan fingerprint density at radius 2 is 2.00 bits per heavy atom. The average molecular weight is 145 g/mol. The van der Waals surface area contributed by atoms with Crippen LogP contribution < -0.4 is 0 Å². The number of hydrogen-bond acceptors (Lipinski definition) is 1. The first-order valence-electron chi connectivity index (χ1n) is 4.02. The first-order valence-corrected chi connectivity index (χ1v) is 4.02. The fourth-order valence-corrected chi connectivity index (χ4v) is 1.56. The zero-order valence-corrected chi connectivity index (χ0v) is 6.97. The second kappa shape index (κ2) is 2.87. The maximum absolute atomic E-state index is 12.7. The molecule has 0 aromatic carbocycles. The lowest BCUT2D eigenvalue weighted by Gasteiger charge is -2.44. The average Bonchev–Trinajstić information content (AvgIpc) is 1.56. The van der Waals surface area contributed by atoms with Gasteiger partial charge in [0.25, 0.3) is 0 Å². The maximum Gasteiger partial charge on any atom is 0.113 e. The lowest BCUT2D eigenvalue weighted by Crippen LogP contribution is -2.55. The third-order valence-electron chi connectivity index (χ3n) is 2.30. The first kappa shape index (κ1) is 7.99. The van der Waals surface area contributed by atoms with Crippen LogP contribution in [-0.2, 0) is 0 Å². The van der Waals surface area contributed by atoms with Gasteiger partial charge in [-0.3, -0.25) is 4.90 Å².